The Labute approximate surface area is 183 Å². The van der Waals surface area contributed by atoms with Crippen molar-refractivity contribution in [3.05, 3.63) is 69.2 Å². The minimum Gasteiger partial charge on any atom is -0.271 e. The molecule has 2 aromatic rings. The molecule has 1 spiro atoms. The highest BCUT2D eigenvalue weighted by Gasteiger charge is 2.49. The number of rotatable bonds is 2. The number of thiocarbonyl (C=S) groups is 1. The van der Waals surface area contributed by atoms with Gasteiger partial charge in [-0.2, -0.15) is 0 Å². The van der Waals surface area contributed by atoms with E-state index in [0.29, 0.717) is 21.5 Å². The van der Waals surface area contributed by atoms with E-state index in [-0.39, 0.29) is 5.91 Å². The van der Waals surface area contributed by atoms with E-state index in [4.69, 9.17) is 28.8 Å². The van der Waals surface area contributed by atoms with Crippen molar-refractivity contribution in [3.63, 3.8) is 0 Å². The number of aliphatic imine (C=N–C) groups is 1. The zero-order chi connectivity index (χ0) is 19.9. The second-order valence-electron chi connectivity index (χ2n) is 7.58. The molecule has 3 nitrogen and oxygen atoms in total. The highest BCUT2D eigenvalue weighted by atomic mass is 79.9. The lowest BCUT2D eigenvalue weighted by molar-refractivity contribution is 0.0613. The SMILES string of the molecule is CC1CCC2(CC1)N=C(c1ccc(Br)cc1)C(=S)N2C(=O)c1ccc(Cl)cc1. The Morgan fingerprint density at radius 1 is 1.14 bits per heavy atom. The molecule has 2 aromatic carbocycles. The molecule has 0 radical (unpaired) electrons. The predicted octanol–water partition coefficient (Wildman–Crippen LogP) is 6.28. The molecule has 0 N–H and O–H groups in total. The molecule has 2 aliphatic rings. The lowest BCUT2D eigenvalue weighted by Gasteiger charge is -2.40. The first-order valence-corrected chi connectivity index (χ1v) is 11.0. The van der Waals surface area contributed by atoms with Crippen LogP contribution in [0.4, 0.5) is 0 Å². The zero-order valence-electron chi connectivity index (χ0n) is 15.5. The number of carbonyl (C=O) groups excluding carboxylic acids is 1. The maximum Gasteiger partial charge on any atom is 0.260 e. The monoisotopic (exact) mass is 474 g/mol. The topological polar surface area (TPSA) is 32.7 Å². The van der Waals surface area contributed by atoms with Gasteiger partial charge in [-0.25, -0.2) is 0 Å². The van der Waals surface area contributed by atoms with Gasteiger partial charge in [-0.15, -0.1) is 0 Å². The second-order valence-corrected chi connectivity index (χ2v) is 9.32. The van der Waals surface area contributed by atoms with Gasteiger partial charge in [0.1, 0.15) is 16.4 Å². The molecule has 6 heteroatoms. The minimum atomic E-state index is -0.581. The number of amides is 1. The van der Waals surface area contributed by atoms with Crippen LogP contribution in [0.2, 0.25) is 5.02 Å². The van der Waals surface area contributed by atoms with E-state index in [0.717, 1.165) is 41.4 Å². The van der Waals surface area contributed by atoms with Crippen LogP contribution in [-0.2, 0) is 0 Å². The quantitative estimate of drug-likeness (QED) is 0.479. The summed E-state index contributed by atoms with van der Waals surface area (Å²) in [5.74, 6) is 0.533. The summed E-state index contributed by atoms with van der Waals surface area (Å²) in [4.78, 5) is 20.8. The van der Waals surface area contributed by atoms with Crippen LogP contribution in [0.5, 0.6) is 0 Å². The summed E-state index contributed by atoms with van der Waals surface area (Å²) in [5.41, 5.74) is 1.68. The minimum absolute atomic E-state index is 0.105. The van der Waals surface area contributed by atoms with Crippen molar-refractivity contribution in [2.75, 3.05) is 0 Å². The first-order chi connectivity index (χ1) is 13.4. The van der Waals surface area contributed by atoms with Gasteiger partial charge in [0.2, 0.25) is 0 Å². The Hall–Kier alpha value is -1.56. The van der Waals surface area contributed by atoms with Crippen LogP contribution in [0.15, 0.2) is 58.0 Å². The fourth-order valence-corrected chi connectivity index (χ4v) is 4.77. The molecule has 28 heavy (non-hydrogen) atoms. The number of benzene rings is 2. The molecule has 1 heterocycles. The van der Waals surface area contributed by atoms with Crippen molar-refractivity contribution < 1.29 is 4.79 Å². The number of halogens is 2. The smallest absolute Gasteiger partial charge is 0.260 e. The van der Waals surface area contributed by atoms with E-state index in [1.165, 1.54) is 0 Å². The second kappa shape index (κ2) is 7.69. The highest BCUT2D eigenvalue weighted by Crippen LogP contribution is 2.42. The Balaban J connectivity index is 1.76. The summed E-state index contributed by atoms with van der Waals surface area (Å²) in [5, 5.41) is 0.605. The van der Waals surface area contributed by atoms with Crippen LogP contribution < -0.4 is 0 Å². The first-order valence-electron chi connectivity index (χ1n) is 9.40. The van der Waals surface area contributed by atoms with Gasteiger partial charge in [0.05, 0.1) is 0 Å². The molecule has 1 amide bonds. The van der Waals surface area contributed by atoms with Crippen LogP contribution >= 0.6 is 39.7 Å². The van der Waals surface area contributed by atoms with Gasteiger partial charge in [-0.3, -0.25) is 14.7 Å². The van der Waals surface area contributed by atoms with Gasteiger partial charge in [0.15, 0.2) is 0 Å². The summed E-state index contributed by atoms with van der Waals surface area (Å²) >= 11 is 15.3. The van der Waals surface area contributed by atoms with E-state index in [2.05, 4.69) is 22.9 Å². The Kier molecular flexibility index (Phi) is 5.43. The molecule has 0 saturated heterocycles. The summed E-state index contributed by atoms with van der Waals surface area (Å²) in [6, 6.07) is 14.9. The van der Waals surface area contributed by atoms with Gasteiger partial charge in [0.25, 0.3) is 5.91 Å². The van der Waals surface area contributed by atoms with Crippen LogP contribution in [0, 0.1) is 5.92 Å². The van der Waals surface area contributed by atoms with Gasteiger partial charge in [0, 0.05) is 20.6 Å². The van der Waals surface area contributed by atoms with Gasteiger partial charge in [-0.1, -0.05) is 58.8 Å². The fourth-order valence-electron chi connectivity index (χ4n) is 3.96. The third-order valence-corrected chi connectivity index (χ3v) is 6.79. The maximum absolute atomic E-state index is 13.5. The fraction of sp³-hybridized carbons (Fsp3) is 0.318. The van der Waals surface area contributed by atoms with Crippen molar-refractivity contribution in [1.29, 1.82) is 0 Å². The first kappa shape index (κ1) is 19.7. The largest absolute Gasteiger partial charge is 0.271 e. The molecule has 1 aliphatic carbocycles. The summed E-state index contributed by atoms with van der Waals surface area (Å²) in [6.45, 7) is 2.25. The summed E-state index contributed by atoms with van der Waals surface area (Å²) in [6.07, 6.45) is 3.72. The molecular weight excluding hydrogens is 456 g/mol. The van der Waals surface area contributed by atoms with E-state index in [1.807, 2.05) is 24.3 Å². The molecule has 144 valence electrons. The van der Waals surface area contributed by atoms with Crippen molar-refractivity contribution in [3.8, 4) is 0 Å². The van der Waals surface area contributed by atoms with Crippen LogP contribution in [0.1, 0.15) is 48.5 Å². The number of carbonyl (C=O) groups is 1. The van der Waals surface area contributed by atoms with Crippen LogP contribution in [0.25, 0.3) is 0 Å². The zero-order valence-corrected chi connectivity index (χ0v) is 18.6. The van der Waals surface area contributed by atoms with E-state index < -0.39 is 5.66 Å². The molecule has 1 fully saturated rings. The molecule has 0 atom stereocenters. The van der Waals surface area contributed by atoms with Gasteiger partial charge in [-0.05, 0) is 68.0 Å². The molecular formula is C22H20BrClN2OS. The van der Waals surface area contributed by atoms with Crippen molar-refractivity contribution in [1.82, 2.24) is 4.90 Å². The molecule has 0 bridgehead atoms. The number of hydrogen-bond donors (Lipinski definition) is 0. The maximum atomic E-state index is 13.5. The van der Waals surface area contributed by atoms with Crippen LogP contribution in [0.3, 0.4) is 0 Å². The number of hydrogen-bond acceptors (Lipinski definition) is 3. The van der Waals surface area contributed by atoms with Gasteiger partial charge < -0.3 is 0 Å². The Morgan fingerprint density at radius 2 is 1.75 bits per heavy atom. The average molecular weight is 476 g/mol. The highest BCUT2D eigenvalue weighted by molar-refractivity contribution is 9.10. The standard InChI is InChI=1S/C22H20BrClN2OS/c1-14-10-12-22(13-11-14)25-19(15-2-6-17(23)7-3-15)21(28)26(22)20(27)16-4-8-18(24)9-5-16/h2-9,14H,10-13H2,1H3. The molecule has 4 rings (SSSR count). The molecule has 1 saturated carbocycles. The van der Waals surface area contributed by atoms with Gasteiger partial charge >= 0.3 is 0 Å². The third kappa shape index (κ3) is 3.56. The van der Waals surface area contributed by atoms with E-state index >= 15 is 0 Å². The lowest BCUT2D eigenvalue weighted by Crippen LogP contribution is -2.51. The van der Waals surface area contributed by atoms with Crippen molar-refractivity contribution >= 4 is 56.4 Å². The normalized spacial score (nSPS) is 24.5. The summed E-state index contributed by atoms with van der Waals surface area (Å²) < 4.78 is 0.996. The molecule has 0 unspecified atom stereocenters. The van der Waals surface area contributed by atoms with E-state index in [9.17, 15) is 4.79 Å². The predicted molar refractivity (Wildman–Crippen MR) is 121 cm³/mol. The number of nitrogens with zero attached hydrogens (tertiary/aromatic N) is 2. The van der Waals surface area contributed by atoms with Crippen molar-refractivity contribution in [2.45, 2.75) is 38.3 Å². The molecule has 0 aromatic heterocycles. The lowest BCUT2D eigenvalue weighted by atomic mass is 9.82. The third-order valence-electron chi connectivity index (χ3n) is 5.63. The summed E-state index contributed by atoms with van der Waals surface area (Å²) in [7, 11) is 0. The van der Waals surface area contributed by atoms with Crippen molar-refractivity contribution in [2.24, 2.45) is 10.9 Å². The van der Waals surface area contributed by atoms with E-state index in [1.54, 1.807) is 29.2 Å². The Morgan fingerprint density at radius 3 is 2.36 bits per heavy atom. The average Bonchev–Trinajstić information content (AvgIpc) is 2.97. The van der Waals surface area contributed by atoms with Crippen LogP contribution in [-0.4, -0.2) is 27.2 Å². The molecule has 1 aliphatic heterocycles. The Bertz CT molecular complexity index is 948.